The van der Waals surface area contributed by atoms with Gasteiger partial charge in [0.25, 0.3) is 0 Å². The molecule has 212 valence electrons. The fourth-order valence-electron chi connectivity index (χ4n) is 8.97. The minimum Gasteiger partial charge on any atom is -0.506 e. The van der Waals surface area contributed by atoms with Crippen LogP contribution in [0.3, 0.4) is 0 Å². The monoisotopic (exact) mass is 548 g/mol. The molecule has 0 amide bonds. The largest absolute Gasteiger partial charge is 0.506 e. The number of fused-ring (bicyclic) bond motifs is 4. The maximum atomic E-state index is 11.2. The van der Waals surface area contributed by atoms with E-state index in [0.717, 1.165) is 77.6 Å². The Bertz CT molecular complexity index is 1590. The van der Waals surface area contributed by atoms with Crippen molar-refractivity contribution < 1.29 is 10.2 Å². The van der Waals surface area contributed by atoms with Gasteiger partial charge in [-0.1, -0.05) is 43.2 Å². The van der Waals surface area contributed by atoms with E-state index in [9.17, 15) is 10.2 Å². The van der Waals surface area contributed by atoms with Crippen LogP contribution in [-0.4, -0.2) is 55.7 Å². The van der Waals surface area contributed by atoms with E-state index >= 15 is 0 Å². The summed E-state index contributed by atoms with van der Waals surface area (Å²) in [5, 5.41) is 24.0. The highest BCUT2D eigenvalue weighted by atomic mass is 16.3. The second-order valence-corrected chi connectivity index (χ2v) is 13.2. The highest BCUT2D eigenvalue weighted by molar-refractivity contribution is 5.84. The average molecular weight is 549 g/mol. The molecule has 2 aliphatic carbocycles. The van der Waals surface area contributed by atoms with Crippen molar-refractivity contribution in [2.75, 3.05) is 19.6 Å². The Morgan fingerprint density at radius 3 is 2.34 bits per heavy atom. The van der Waals surface area contributed by atoms with E-state index in [1.54, 1.807) is 0 Å². The Balaban J connectivity index is 1.04. The van der Waals surface area contributed by atoms with Crippen LogP contribution in [0, 0.1) is 17.8 Å². The molecule has 0 spiro atoms. The lowest BCUT2D eigenvalue weighted by atomic mass is 9.72. The van der Waals surface area contributed by atoms with Gasteiger partial charge in [-0.25, -0.2) is 9.97 Å². The second-order valence-electron chi connectivity index (χ2n) is 13.2. The summed E-state index contributed by atoms with van der Waals surface area (Å²) < 4.78 is 0. The molecule has 4 aromatic rings. The predicted molar refractivity (Wildman–Crippen MR) is 162 cm³/mol. The van der Waals surface area contributed by atoms with Gasteiger partial charge in [0.2, 0.25) is 0 Å². The maximum Gasteiger partial charge on any atom is 0.139 e. The fourth-order valence-corrected chi connectivity index (χ4v) is 8.97. The van der Waals surface area contributed by atoms with Crippen LogP contribution in [0.15, 0.2) is 54.6 Å². The Labute approximate surface area is 242 Å². The number of nitrogens with zero attached hydrogens (tertiary/aromatic N) is 4. The van der Waals surface area contributed by atoms with Crippen molar-refractivity contribution in [2.24, 2.45) is 17.8 Å². The molecule has 41 heavy (non-hydrogen) atoms. The third-order valence-electron chi connectivity index (χ3n) is 10.9. The van der Waals surface area contributed by atoms with Crippen molar-refractivity contribution in [1.29, 1.82) is 0 Å². The van der Waals surface area contributed by atoms with Crippen molar-refractivity contribution in [3.05, 3.63) is 71.5 Å². The number of hydrogen-bond acceptors (Lipinski definition) is 6. The Hall–Kier alpha value is -3.22. The van der Waals surface area contributed by atoms with E-state index in [1.807, 2.05) is 36.4 Å². The van der Waals surface area contributed by atoms with Crippen LogP contribution in [0.4, 0.5) is 0 Å². The minimum atomic E-state index is 0.294. The Morgan fingerprint density at radius 1 is 0.732 bits per heavy atom. The molecule has 2 saturated carbocycles. The van der Waals surface area contributed by atoms with Gasteiger partial charge in [0, 0.05) is 43.0 Å². The van der Waals surface area contributed by atoms with Gasteiger partial charge in [-0.2, -0.15) is 0 Å². The molecule has 2 aromatic heterocycles. The normalized spacial score (nSPS) is 28.4. The first-order valence-corrected chi connectivity index (χ1v) is 15.8. The topological polar surface area (TPSA) is 72.7 Å². The summed E-state index contributed by atoms with van der Waals surface area (Å²) in [6.07, 6.45) is 8.80. The van der Waals surface area contributed by atoms with E-state index < -0.39 is 0 Å². The van der Waals surface area contributed by atoms with Crippen LogP contribution in [0.25, 0.3) is 21.8 Å². The van der Waals surface area contributed by atoms with Crippen molar-refractivity contribution >= 4 is 21.8 Å². The lowest BCUT2D eigenvalue weighted by molar-refractivity contribution is 0.158. The fraction of sp³-hybridized carbons (Fsp3) is 0.486. The molecule has 4 aliphatic rings. The number of hydrogen-bond donors (Lipinski definition) is 2. The summed E-state index contributed by atoms with van der Waals surface area (Å²) in [5.74, 6) is 3.34. The first kappa shape index (κ1) is 25.5. The summed E-state index contributed by atoms with van der Waals surface area (Å²) in [4.78, 5) is 14.9. The Morgan fingerprint density at radius 2 is 1.46 bits per heavy atom. The lowest BCUT2D eigenvalue weighted by Gasteiger charge is -2.38. The molecule has 5 unspecified atom stereocenters. The standard InChI is InChI=1S/C35H40N4O2/c40-34-16-22-6-1-2-11-29(22)36-32(34)21-39-15-14-27-25(10-5-13-33(27)39)26-9-4-12-30-28(26)17-35(41)31(37-30)20-38-18-23-7-3-8-24(23)19-38/h1-2,4,6,9,11-12,16-17,23-25,27,33,40-41H,3,5,7-8,10,13-15,18-21H2. The van der Waals surface area contributed by atoms with Gasteiger partial charge in [-0.3, -0.25) is 9.80 Å². The molecule has 0 radical (unpaired) electrons. The SMILES string of the molecule is Oc1cc2ccccc2nc1CN1CCC2C(c3cccc4nc(CN5CC6CCCC6C5)c(O)cc34)CCCC21. The first-order chi connectivity index (χ1) is 20.1. The van der Waals surface area contributed by atoms with E-state index in [4.69, 9.17) is 9.97 Å². The molecule has 8 rings (SSSR count). The third-order valence-corrected chi connectivity index (χ3v) is 10.9. The zero-order valence-electron chi connectivity index (χ0n) is 23.8. The van der Waals surface area contributed by atoms with E-state index in [-0.39, 0.29) is 0 Å². The zero-order chi connectivity index (χ0) is 27.5. The van der Waals surface area contributed by atoms with Gasteiger partial charge in [-0.05, 0) is 92.1 Å². The number of aromatic hydroxyl groups is 2. The molecular formula is C35H40N4O2. The van der Waals surface area contributed by atoms with Gasteiger partial charge in [-0.15, -0.1) is 0 Å². The number of likely N-dealkylation sites (tertiary alicyclic amines) is 2. The van der Waals surface area contributed by atoms with Gasteiger partial charge >= 0.3 is 0 Å². The number of rotatable bonds is 5. The van der Waals surface area contributed by atoms with Crippen LogP contribution in [0.5, 0.6) is 11.5 Å². The molecule has 2 N–H and O–H groups in total. The molecule has 5 atom stereocenters. The first-order valence-electron chi connectivity index (χ1n) is 15.8. The van der Waals surface area contributed by atoms with E-state index in [2.05, 4.69) is 28.0 Å². The van der Waals surface area contributed by atoms with E-state index in [1.165, 1.54) is 44.1 Å². The van der Waals surface area contributed by atoms with Crippen molar-refractivity contribution in [3.8, 4) is 11.5 Å². The molecule has 0 bridgehead atoms. The molecule has 2 aromatic carbocycles. The van der Waals surface area contributed by atoms with E-state index in [0.29, 0.717) is 35.9 Å². The number of para-hydroxylation sites is 1. The molecule has 4 fully saturated rings. The summed E-state index contributed by atoms with van der Waals surface area (Å²) in [5.41, 5.74) is 4.89. The van der Waals surface area contributed by atoms with Gasteiger partial charge in [0.15, 0.2) is 0 Å². The molecular weight excluding hydrogens is 508 g/mol. The molecule has 6 heteroatoms. The summed E-state index contributed by atoms with van der Waals surface area (Å²) in [6.45, 7) is 4.76. The smallest absolute Gasteiger partial charge is 0.139 e. The van der Waals surface area contributed by atoms with Gasteiger partial charge in [0.05, 0.1) is 22.4 Å². The van der Waals surface area contributed by atoms with Crippen molar-refractivity contribution in [3.63, 3.8) is 0 Å². The summed E-state index contributed by atoms with van der Waals surface area (Å²) >= 11 is 0. The summed E-state index contributed by atoms with van der Waals surface area (Å²) in [7, 11) is 0. The number of aromatic nitrogens is 2. The van der Waals surface area contributed by atoms with Crippen molar-refractivity contribution in [1.82, 2.24) is 19.8 Å². The zero-order valence-corrected chi connectivity index (χ0v) is 23.8. The lowest BCUT2D eigenvalue weighted by Crippen LogP contribution is -2.37. The molecule has 6 nitrogen and oxygen atoms in total. The van der Waals surface area contributed by atoms with Crippen LogP contribution in [0.1, 0.15) is 67.8 Å². The predicted octanol–water partition coefficient (Wildman–Crippen LogP) is 6.58. The number of benzene rings is 2. The quantitative estimate of drug-likeness (QED) is 0.293. The van der Waals surface area contributed by atoms with Crippen LogP contribution in [-0.2, 0) is 13.1 Å². The average Bonchev–Trinajstić information content (AvgIpc) is 3.69. The Kier molecular flexibility index (Phi) is 6.37. The third kappa shape index (κ3) is 4.56. The molecule has 4 heterocycles. The molecule has 2 saturated heterocycles. The van der Waals surface area contributed by atoms with Crippen LogP contribution in [0.2, 0.25) is 0 Å². The second kappa shape index (κ2) is 10.2. The van der Waals surface area contributed by atoms with Gasteiger partial charge in [0.1, 0.15) is 11.5 Å². The van der Waals surface area contributed by atoms with Crippen LogP contribution >= 0.6 is 0 Å². The highest BCUT2D eigenvalue weighted by Crippen LogP contribution is 2.48. The minimum absolute atomic E-state index is 0.294. The molecule has 2 aliphatic heterocycles. The summed E-state index contributed by atoms with van der Waals surface area (Å²) in [6, 6.07) is 18.9. The maximum absolute atomic E-state index is 11.2. The van der Waals surface area contributed by atoms with Gasteiger partial charge < -0.3 is 10.2 Å². The van der Waals surface area contributed by atoms with Crippen LogP contribution < -0.4 is 0 Å². The number of pyridine rings is 2. The highest BCUT2D eigenvalue weighted by Gasteiger charge is 2.42. The van der Waals surface area contributed by atoms with Crippen molar-refractivity contribution in [2.45, 2.75) is 70.0 Å².